The molecule has 1 N–H and O–H groups in total. The van der Waals surface area contributed by atoms with Crippen molar-refractivity contribution in [2.75, 3.05) is 7.05 Å². The van der Waals surface area contributed by atoms with Crippen molar-refractivity contribution in [1.29, 1.82) is 0 Å². The Morgan fingerprint density at radius 3 is 2.73 bits per heavy atom. The molecule has 0 aliphatic heterocycles. The molecule has 2 nitrogen and oxygen atoms in total. The number of hydrogen-bond acceptors (Lipinski definition) is 2. The van der Waals surface area contributed by atoms with Crippen LogP contribution in [0.2, 0.25) is 0 Å². The van der Waals surface area contributed by atoms with Crippen molar-refractivity contribution in [1.82, 2.24) is 10.3 Å². The summed E-state index contributed by atoms with van der Waals surface area (Å²) in [6.45, 7) is 0. The first-order valence-corrected chi connectivity index (χ1v) is 5.96. The number of aromatic nitrogens is 1. The Morgan fingerprint density at radius 1 is 1.40 bits per heavy atom. The number of hydrogen-bond donors (Lipinski definition) is 1. The fourth-order valence-corrected chi connectivity index (χ4v) is 2.19. The molecule has 1 aliphatic rings. The largest absolute Gasteiger partial charge is 0.317 e. The van der Waals surface area contributed by atoms with E-state index in [1.807, 2.05) is 12.4 Å². The zero-order valence-corrected chi connectivity index (χ0v) is 9.45. The highest BCUT2D eigenvalue weighted by Crippen LogP contribution is 2.34. The lowest BCUT2D eigenvalue weighted by molar-refractivity contribution is 0.456. The van der Waals surface area contributed by atoms with Crippen LogP contribution in [-0.4, -0.2) is 18.1 Å². The molecule has 2 heteroatoms. The summed E-state index contributed by atoms with van der Waals surface area (Å²) < 4.78 is 0. The molecule has 0 bridgehead atoms. The molecule has 1 unspecified atom stereocenters. The highest BCUT2D eigenvalue weighted by atomic mass is 14.9. The second kappa shape index (κ2) is 5.26. The summed E-state index contributed by atoms with van der Waals surface area (Å²) in [6.07, 6.45) is 10.4. The number of pyridine rings is 1. The van der Waals surface area contributed by atoms with E-state index in [1.165, 1.54) is 37.7 Å². The number of nitrogens with zero attached hydrogens (tertiary/aromatic N) is 1. The zero-order chi connectivity index (χ0) is 10.5. The minimum Gasteiger partial charge on any atom is -0.317 e. The van der Waals surface area contributed by atoms with Crippen LogP contribution in [0.15, 0.2) is 24.5 Å². The summed E-state index contributed by atoms with van der Waals surface area (Å²) >= 11 is 0. The van der Waals surface area contributed by atoms with Gasteiger partial charge in [0.25, 0.3) is 0 Å². The van der Waals surface area contributed by atoms with Gasteiger partial charge in [-0.2, -0.15) is 0 Å². The van der Waals surface area contributed by atoms with E-state index in [0.717, 1.165) is 12.0 Å². The highest BCUT2D eigenvalue weighted by Gasteiger charge is 2.29. The maximum atomic E-state index is 4.03. The van der Waals surface area contributed by atoms with Gasteiger partial charge in [-0.1, -0.05) is 0 Å². The SMILES string of the molecule is CNC(CCCc1ccncc1)C1CC1. The summed E-state index contributed by atoms with van der Waals surface area (Å²) in [6, 6.07) is 4.99. The van der Waals surface area contributed by atoms with E-state index in [1.54, 1.807) is 0 Å². The quantitative estimate of drug-likeness (QED) is 0.769. The van der Waals surface area contributed by atoms with Gasteiger partial charge in [0, 0.05) is 18.4 Å². The van der Waals surface area contributed by atoms with Gasteiger partial charge >= 0.3 is 0 Å². The summed E-state index contributed by atoms with van der Waals surface area (Å²) in [5.74, 6) is 0.965. The van der Waals surface area contributed by atoms with E-state index < -0.39 is 0 Å². The van der Waals surface area contributed by atoms with Crippen LogP contribution in [0.3, 0.4) is 0 Å². The molecule has 0 aromatic carbocycles. The molecule has 0 amide bonds. The lowest BCUT2D eigenvalue weighted by Crippen LogP contribution is -2.27. The van der Waals surface area contributed by atoms with E-state index in [-0.39, 0.29) is 0 Å². The van der Waals surface area contributed by atoms with Crippen LogP contribution in [0.4, 0.5) is 0 Å². The maximum Gasteiger partial charge on any atom is 0.0270 e. The van der Waals surface area contributed by atoms with Gasteiger partial charge in [-0.15, -0.1) is 0 Å². The molecule has 0 spiro atoms. The van der Waals surface area contributed by atoms with Gasteiger partial charge in [-0.05, 0) is 62.8 Å². The number of nitrogens with one attached hydrogen (secondary N) is 1. The fourth-order valence-electron chi connectivity index (χ4n) is 2.19. The van der Waals surface area contributed by atoms with Crippen molar-refractivity contribution < 1.29 is 0 Å². The highest BCUT2D eigenvalue weighted by molar-refractivity contribution is 5.09. The van der Waals surface area contributed by atoms with Crippen LogP contribution in [0, 0.1) is 5.92 Å². The molecule has 1 aromatic rings. The molecule has 0 radical (unpaired) electrons. The zero-order valence-electron chi connectivity index (χ0n) is 9.45. The van der Waals surface area contributed by atoms with Gasteiger partial charge in [-0.3, -0.25) is 4.98 Å². The number of rotatable bonds is 6. The van der Waals surface area contributed by atoms with Crippen LogP contribution in [0.1, 0.15) is 31.2 Å². The predicted molar refractivity (Wildman–Crippen MR) is 62.7 cm³/mol. The number of aryl methyl sites for hydroxylation is 1. The summed E-state index contributed by atoms with van der Waals surface area (Å²) in [5.41, 5.74) is 1.41. The molecular weight excluding hydrogens is 184 g/mol. The molecule has 0 saturated heterocycles. The van der Waals surface area contributed by atoms with Gasteiger partial charge in [0.2, 0.25) is 0 Å². The maximum absolute atomic E-state index is 4.03. The smallest absolute Gasteiger partial charge is 0.0270 e. The van der Waals surface area contributed by atoms with E-state index in [2.05, 4.69) is 29.5 Å². The minimum atomic E-state index is 0.756. The van der Waals surface area contributed by atoms with E-state index in [4.69, 9.17) is 0 Å². The third-order valence-electron chi connectivity index (χ3n) is 3.29. The summed E-state index contributed by atoms with van der Waals surface area (Å²) in [7, 11) is 2.09. The van der Waals surface area contributed by atoms with Crippen molar-refractivity contribution in [2.24, 2.45) is 5.92 Å². The first-order chi connectivity index (χ1) is 7.40. The standard InChI is InChI=1S/C13H20N2/c1-14-13(12-5-6-12)4-2-3-11-7-9-15-10-8-11/h7-10,12-14H,2-6H2,1H3. The topological polar surface area (TPSA) is 24.9 Å². The first-order valence-electron chi connectivity index (χ1n) is 5.96. The van der Waals surface area contributed by atoms with Gasteiger partial charge in [-0.25, -0.2) is 0 Å². The van der Waals surface area contributed by atoms with E-state index in [9.17, 15) is 0 Å². The lowest BCUT2D eigenvalue weighted by Gasteiger charge is -2.14. The fraction of sp³-hybridized carbons (Fsp3) is 0.615. The predicted octanol–water partition coefficient (Wildman–Crippen LogP) is 2.40. The molecule has 15 heavy (non-hydrogen) atoms. The summed E-state index contributed by atoms with van der Waals surface area (Å²) in [4.78, 5) is 4.03. The molecule has 1 saturated carbocycles. The van der Waals surface area contributed by atoms with Crippen molar-refractivity contribution >= 4 is 0 Å². The molecule has 1 aliphatic carbocycles. The average molecular weight is 204 g/mol. The van der Waals surface area contributed by atoms with E-state index in [0.29, 0.717) is 0 Å². The Bertz CT molecular complexity index is 280. The molecule has 82 valence electrons. The van der Waals surface area contributed by atoms with Crippen LogP contribution >= 0.6 is 0 Å². The Balaban J connectivity index is 1.69. The van der Waals surface area contributed by atoms with Crippen molar-refractivity contribution in [3.63, 3.8) is 0 Å². The Morgan fingerprint density at radius 2 is 2.13 bits per heavy atom. The van der Waals surface area contributed by atoms with Crippen molar-refractivity contribution in [3.05, 3.63) is 30.1 Å². The van der Waals surface area contributed by atoms with Crippen LogP contribution < -0.4 is 5.32 Å². The average Bonchev–Trinajstić information content (AvgIpc) is 3.10. The Kier molecular flexibility index (Phi) is 3.73. The second-order valence-corrected chi connectivity index (χ2v) is 4.48. The Hall–Kier alpha value is -0.890. The molecule has 1 atom stereocenters. The normalized spacial score (nSPS) is 17.7. The van der Waals surface area contributed by atoms with Crippen LogP contribution in [0.25, 0.3) is 0 Å². The molecule has 1 fully saturated rings. The third kappa shape index (κ3) is 3.31. The van der Waals surface area contributed by atoms with Gasteiger partial charge in [0.05, 0.1) is 0 Å². The van der Waals surface area contributed by atoms with Gasteiger partial charge in [0.15, 0.2) is 0 Å². The van der Waals surface area contributed by atoms with E-state index >= 15 is 0 Å². The molecular formula is C13H20N2. The van der Waals surface area contributed by atoms with Crippen molar-refractivity contribution in [2.45, 2.75) is 38.1 Å². The Labute approximate surface area is 92.1 Å². The molecule has 1 heterocycles. The van der Waals surface area contributed by atoms with Crippen molar-refractivity contribution in [3.8, 4) is 0 Å². The van der Waals surface area contributed by atoms with Gasteiger partial charge < -0.3 is 5.32 Å². The first kappa shape index (κ1) is 10.6. The second-order valence-electron chi connectivity index (χ2n) is 4.48. The monoisotopic (exact) mass is 204 g/mol. The van der Waals surface area contributed by atoms with Gasteiger partial charge in [0.1, 0.15) is 0 Å². The van der Waals surface area contributed by atoms with Crippen LogP contribution in [0.5, 0.6) is 0 Å². The molecule has 2 rings (SSSR count). The summed E-state index contributed by atoms with van der Waals surface area (Å²) in [5, 5.41) is 3.44. The van der Waals surface area contributed by atoms with Crippen LogP contribution in [-0.2, 0) is 6.42 Å². The lowest BCUT2D eigenvalue weighted by atomic mass is 10.0. The molecule has 1 aromatic heterocycles. The third-order valence-corrected chi connectivity index (χ3v) is 3.29. The minimum absolute atomic E-state index is 0.756.